The average molecular weight is 350 g/mol. The zero-order valence-corrected chi connectivity index (χ0v) is 14.4. The van der Waals surface area contributed by atoms with E-state index in [4.69, 9.17) is 25.8 Å². The summed E-state index contributed by atoms with van der Waals surface area (Å²) in [6.45, 7) is 2.43. The van der Waals surface area contributed by atoms with Gasteiger partial charge < -0.3 is 19.5 Å². The number of methoxy groups -OCH3 is 1. The molecule has 1 N–H and O–H groups in total. The first-order chi connectivity index (χ1) is 11.6. The van der Waals surface area contributed by atoms with Crippen molar-refractivity contribution in [2.75, 3.05) is 20.3 Å². The highest BCUT2D eigenvalue weighted by Gasteiger charge is 2.14. The lowest BCUT2D eigenvalue weighted by molar-refractivity contribution is -0.127. The molecule has 1 atom stereocenters. The van der Waals surface area contributed by atoms with Crippen LogP contribution in [0.25, 0.3) is 0 Å². The Balaban J connectivity index is 1.70. The van der Waals surface area contributed by atoms with E-state index in [2.05, 4.69) is 5.32 Å². The van der Waals surface area contributed by atoms with Crippen molar-refractivity contribution >= 4 is 17.5 Å². The topological polar surface area (TPSA) is 56.8 Å². The van der Waals surface area contributed by atoms with Crippen LogP contribution in [0.1, 0.15) is 6.92 Å². The maximum absolute atomic E-state index is 12.0. The Morgan fingerprint density at radius 1 is 1.12 bits per heavy atom. The summed E-state index contributed by atoms with van der Waals surface area (Å²) >= 11 is 5.88. The second-order valence-electron chi connectivity index (χ2n) is 5.03. The third-order valence-corrected chi connectivity index (χ3v) is 3.44. The molecule has 0 fully saturated rings. The fourth-order valence-corrected chi connectivity index (χ4v) is 2.14. The molecule has 2 aromatic rings. The average Bonchev–Trinajstić information content (AvgIpc) is 2.59. The van der Waals surface area contributed by atoms with Gasteiger partial charge in [0.25, 0.3) is 5.91 Å². The molecule has 5 nitrogen and oxygen atoms in total. The van der Waals surface area contributed by atoms with Crippen LogP contribution >= 0.6 is 11.6 Å². The third-order valence-electron chi connectivity index (χ3n) is 3.21. The molecule has 0 aliphatic rings. The van der Waals surface area contributed by atoms with Gasteiger partial charge in [0.2, 0.25) is 0 Å². The monoisotopic (exact) mass is 349 g/mol. The highest BCUT2D eigenvalue weighted by molar-refractivity contribution is 6.30. The normalized spacial score (nSPS) is 11.5. The van der Waals surface area contributed by atoms with Crippen LogP contribution in [-0.4, -0.2) is 32.3 Å². The Labute approximate surface area is 146 Å². The minimum absolute atomic E-state index is 0.215. The molecule has 0 bridgehead atoms. The van der Waals surface area contributed by atoms with Gasteiger partial charge in [-0.1, -0.05) is 17.7 Å². The number of halogens is 1. The quantitative estimate of drug-likeness (QED) is 0.743. The lowest BCUT2D eigenvalue weighted by atomic mass is 10.3. The summed E-state index contributed by atoms with van der Waals surface area (Å²) < 4.78 is 16.2. The maximum atomic E-state index is 12.0. The first kappa shape index (κ1) is 17.9. The van der Waals surface area contributed by atoms with Crippen molar-refractivity contribution < 1.29 is 19.0 Å². The smallest absolute Gasteiger partial charge is 0.260 e. The summed E-state index contributed by atoms with van der Waals surface area (Å²) in [7, 11) is 1.61. The molecule has 0 aliphatic heterocycles. The highest BCUT2D eigenvalue weighted by atomic mass is 35.5. The number of rotatable bonds is 8. The van der Waals surface area contributed by atoms with Crippen molar-refractivity contribution in [1.29, 1.82) is 0 Å². The lowest BCUT2D eigenvalue weighted by Gasteiger charge is -2.15. The first-order valence-corrected chi connectivity index (χ1v) is 7.93. The molecule has 0 saturated carbocycles. The number of ether oxygens (including phenoxy) is 3. The minimum atomic E-state index is -0.621. The van der Waals surface area contributed by atoms with Crippen LogP contribution in [0.3, 0.4) is 0 Å². The van der Waals surface area contributed by atoms with E-state index in [1.54, 1.807) is 38.3 Å². The number of hydrogen-bond donors (Lipinski definition) is 1. The third kappa shape index (κ3) is 5.66. The van der Waals surface area contributed by atoms with Crippen molar-refractivity contribution in [3.8, 4) is 17.2 Å². The number of benzene rings is 2. The van der Waals surface area contributed by atoms with Crippen LogP contribution < -0.4 is 19.5 Å². The standard InChI is InChI=1S/C18H20ClNO4/c1-13(24-17-5-3-4-14(19)12-17)18(21)20-10-11-23-16-8-6-15(22-2)7-9-16/h3-9,12-13H,10-11H2,1-2H3,(H,20,21)/t13-/m0/s1. The van der Waals surface area contributed by atoms with Gasteiger partial charge >= 0.3 is 0 Å². The molecule has 1 amide bonds. The lowest BCUT2D eigenvalue weighted by Crippen LogP contribution is -2.38. The van der Waals surface area contributed by atoms with E-state index in [0.717, 1.165) is 5.75 Å². The number of nitrogens with one attached hydrogen (secondary N) is 1. The van der Waals surface area contributed by atoms with Crippen LogP contribution in [0.15, 0.2) is 48.5 Å². The minimum Gasteiger partial charge on any atom is -0.497 e. The Hall–Kier alpha value is -2.40. The van der Waals surface area contributed by atoms with E-state index in [9.17, 15) is 4.79 Å². The summed E-state index contributed by atoms with van der Waals surface area (Å²) in [5.74, 6) is 1.82. The summed E-state index contributed by atoms with van der Waals surface area (Å²) in [5, 5.41) is 3.33. The molecule has 24 heavy (non-hydrogen) atoms. The Morgan fingerprint density at radius 2 is 1.83 bits per heavy atom. The molecule has 0 aliphatic carbocycles. The van der Waals surface area contributed by atoms with E-state index in [1.807, 2.05) is 24.3 Å². The van der Waals surface area contributed by atoms with Crippen LogP contribution in [0.5, 0.6) is 17.2 Å². The number of carbonyl (C=O) groups excluding carboxylic acids is 1. The van der Waals surface area contributed by atoms with E-state index in [-0.39, 0.29) is 5.91 Å². The zero-order valence-electron chi connectivity index (χ0n) is 13.6. The second-order valence-corrected chi connectivity index (χ2v) is 5.47. The van der Waals surface area contributed by atoms with Crippen LogP contribution in [0, 0.1) is 0 Å². The summed E-state index contributed by atoms with van der Waals surface area (Å²) in [6, 6.07) is 14.2. The number of hydrogen-bond acceptors (Lipinski definition) is 4. The molecule has 2 rings (SSSR count). The van der Waals surface area contributed by atoms with Gasteiger partial charge in [0.05, 0.1) is 13.7 Å². The van der Waals surface area contributed by atoms with E-state index >= 15 is 0 Å². The van der Waals surface area contributed by atoms with Gasteiger partial charge in [0, 0.05) is 5.02 Å². The summed E-state index contributed by atoms with van der Waals surface area (Å²) in [5.41, 5.74) is 0. The predicted molar refractivity (Wildman–Crippen MR) is 93.0 cm³/mol. The van der Waals surface area contributed by atoms with Gasteiger partial charge in [-0.05, 0) is 49.4 Å². The molecule has 128 valence electrons. The Morgan fingerprint density at radius 3 is 2.50 bits per heavy atom. The van der Waals surface area contributed by atoms with Crippen molar-refractivity contribution in [1.82, 2.24) is 5.32 Å². The molecule has 2 aromatic carbocycles. The molecule has 0 aromatic heterocycles. The van der Waals surface area contributed by atoms with Crippen molar-refractivity contribution in [3.63, 3.8) is 0 Å². The Bertz CT molecular complexity index is 660. The largest absolute Gasteiger partial charge is 0.497 e. The SMILES string of the molecule is COc1ccc(OCCNC(=O)[C@H](C)Oc2cccc(Cl)c2)cc1. The first-order valence-electron chi connectivity index (χ1n) is 7.55. The van der Waals surface area contributed by atoms with Crippen molar-refractivity contribution in [2.24, 2.45) is 0 Å². The molecule has 0 saturated heterocycles. The number of amides is 1. The second kappa shape index (κ2) is 9.03. The summed E-state index contributed by atoms with van der Waals surface area (Å²) in [6.07, 6.45) is -0.621. The molecule has 0 unspecified atom stereocenters. The maximum Gasteiger partial charge on any atom is 0.260 e. The highest BCUT2D eigenvalue weighted by Crippen LogP contribution is 2.18. The summed E-state index contributed by atoms with van der Waals surface area (Å²) in [4.78, 5) is 12.0. The van der Waals surface area contributed by atoms with E-state index in [1.165, 1.54) is 0 Å². The van der Waals surface area contributed by atoms with Crippen molar-refractivity contribution in [3.05, 3.63) is 53.6 Å². The van der Waals surface area contributed by atoms with Crippen LogP contribution in [0.4, 0.5) is 0 Å². The van der Waals surface area contributed by atoms with E-state index < -0.39 is 6.10 Å². The van der Waals surface area contributed by atoms with E-state index in [0.29, 0.717) is 29.7 Å². The van der Waals surface area contributed by atoms with Gasteiger partial charge in [-0.25, -0.2) is 0 Å². The molecule has 0 radical (unpaired) electrons. The van der Waals surface area contributed by atoms with Gasteiger partial charge in [-0.15, -0.1) is 0 Å². The van der Waals surface area contributed by atoms with Crippen LogP contribution in [-0.2, 0) is 4.79 Å². The van der Waals surface area contributed by atoms with Gasteiger partial charge in [-0.3, -0.25) is 4.79 Å². The molecular weight excluding hydrogens is 330 g/mol. The van der Waals surface area contributed by atoms with Gasteiger partial charge in [-0.2, -0.15) is 0 Å². The Kier molecular flexibility index (Phi) is 6.75. The van der Waals surface area contributed by atoms with Crippen LogP contribution in [0.2, 0.25) is 5.02 Å². The molecular formula is C18H20ClNO4. The van der Waals surface area contributed by atoms with Gasteiger partial charge in [0.1, 0.15) is 23.9 Å². The van der Waals surface area contributed by atoms with Crippen molar-refractivity contribution in [2.45, 2.75) is 13.0 Å². The molecule has 6 heteroatoms. The molecule has 0 spiro atoms. The fourth-order valence-electron chi connectivity index (χ4n) is 1.96. The van der Waals surface area contributed by atoms with Gasteiger partial charge in [0.15, 0.2) is 6.10 Å². The number of carbonyl (C=O) groups is 1. The fraction of sp³-hybridized carbons (Fsp3) is 0.278. The predicted octanol–water partition coefficient (Wildman–Crippen LogP) is 3.31. The molecule has 0 heterocycles. The zero-order chi connectivity index (χ0) is 17.4.